The predicted octanol–water partition coefficient (Wildman–Crippen LogP) is 4.33. The molecule has 4 rings (SSSR count). The molecule has 1 unspecified atom stereocenters. The number of benzene rings is 2. The molecule has 1 fully saturated rings. The van der Waals surface area contributed by atoms with E-state index in [2.05, 4.69) is 10.4 Å². The lowest BCUT2D eigenvalue weighted by Gasteiger charge is -2.33. The van der Waals surface area contributed by atoms with Crippen LogP contribution in [0.5, 0.6) is 0 Å². The summed E-state index contributed by atoms with van der Waals surface area (Å²) in [6, 6.07) is 11.3. The summed E-state index contributed by atoms with van der Waals surface area (Å²) in [5, 5.41) is 7.55. The van der Waals surface area contributed by atoms with Crippen LogP contribution in [0.2, 0.25) is 5.02 Å². The van der Waals surface area contributed by atoms with Gasteiger partial charge in [0, 0.05) is 30.2 Å². The fourth-order valence-electron chi connectivity index (χ4n) is 3.69. The van der Waals surface area contributed by atoms with Crippen molar-refractivity contribution >= 4 is 29.0 Å². The first-order chi connectivity index (χ1) is 15.3. The van der Waals surface area contributed by atoms with E-state index in [0.29, 0.717) is 36.0 Å². The molecule has 1 aromatic heterocycles. The van der Waals surface area contributed by atoms with Crippen molar-refractivity contribution < 1.29 is 13.6 Å². The molecule has 166 valence electrons. The summed E-state index contributed by atoms with van der Waals surface area (Å²) < 4.78 is 28.3. The minimum atomic E-state index is -0.823. The summed E-state index contributed by atoms with van der Waals surface area (Å²) >= 11 is 6.20. The largest absolute Gasteiger partial charge is 0.354 e. The van der Waals surface area contributed by atoms with Crippen molar-refractivity contribution in [2.75, 3.05) is 23.3 Å². The van der Waals surface area contributed by atoms with Crippen LogP contribution in [-0.2, 0) is 4.79 Å². The predicted molar refractivity (Wildman–Crippen MR) is 120 cm³/mol. The number of hydrogen-bond acceptors (Lipinski definition) is 4. The molecule has 1 amide bonds. The van der Waals surface area contributed by atoms with E-state index >= 15 is 0 Å². The molecule has 0 aliphatic carbocycles. The number of piperidine rings is 1. The Hall–Kier alpha value is -3.26. The molecule has 2 heterocycles. The molecule has 1 aliphatic heterocycles. The third-order valence-electron chi connectivity index (χ3n) is 5.49. The van der Waals surface area contributed by atoms with Crippen LogP contribution in [0.15, 0.2) is 53.3 Å². The van der Waals surface area contributed by atoms with Crippen molar-refractivity contribution in [2.45, 2.75) is 19.8 Å². The number of nitrogens with zero attached hydrogens (tertiary/aromatic N) is 3. The summed E-state index contributed by atoms with van der Waals surface area (Å²) in [5.41, 5.74) is 1.08. The van der Waals surface area contributed by atoms with E-state index in [-0.39, 0.29) is 17.2 Å². The van der Waals surface area contributed by atoms with Gasteiger partial charge in [-0.05, 0) is 55.7 Å². The summed E-state index contributed by atoms with van der Waals surface area (Å²) in [5.74, 6) is -1.74. The Bertz CT molecular complexity index is 1230. The fourth-order valence-corrected chi connectivity index (χ4v) is 3.87. The topological polar surface area (TPSA) is 67.2 Å². The zero-order valence-corrected chi connectivity index (χ0v) is 18.1. The minimum Gasteiger partial charge on any atom is -0.354 e. The van der Waals surface area contributed by atoms with Gasteiger partial charge in [-0.2, -0.15) is 4.68 Å². The van der Waals surface area contributed by atoms with E-state index in [1.165, 1.54) is 16.8 Å². The van der Waals surface area contributed by atoms with Gasteiger partial charge in [0.2, 0.25) is 5.91 Å². The molecule has 0 radical (unpaired) electrons. The molecule has 0 bridgehead atoms. The second kappa shape index (κ2) is 9.08. The van der Waals surface area contributed by atoms with Crippen molar-refractivity contribution in [3.05, 3.63) is 81.1 Å². The monoisotopic (exact) mass is 458 g/mol. The molecule has 2 aromatic carbocycles. The molecule has 32 heavy (non-hydrogen) atoms. The van der Waals surface area contributed by atoms with Crippen molar-refractivity contribution in [2.24, 2.45) is 5.92 Å². The normalized spacial score (nSPS) is 16.1. The van der Waals surface area contributed by atoms with Crippen molar-refractivity contribution in [3.8, 4) is 5.69 Å². The zero-order chi connectivity index (χ0) is 22.8. The number of rotatable bonds is 4. The Balaban J connectivity index is 1.53. The van der Waals surface area contributed by atoms with Crippen molar-refractivity contribution in [3.63, 3.8) is 0 Å². The van der Waals surface area contributed by atoms with Gasteiger partial charge in [0.25, 0.3) is 5.56 Å². The van der Waals surface area contributed by atoms with E-state index in [9.17, 15) is 18.4 Å². The second-order valence-electron chi connectivity index (χ2n) is 7.77. The highest BCUT2D eigenvalue weighted by molar-refractivity contribution is 6.31. The van der Waals surface area contributed by atoms with Gasteiger partial charge in [-0.1, -0.05) is 17.7 Å². The van der Waals surface area contributed by atoms with Crippen LogP contribution in [0.4, 0.5) is 20.3 Å². The van der Waals surface area contributed by atoms with E-state index in [1.807, 2.05) is 17.9 Å². The average Bonchev–Trinajstić information content (AvgIpc) is 2.78. The molecule has 1 atom stereocenters. The SMILES string of the molecule is Cc1ccc(-n2nc(N3CCCC(C(=O)Nc4ccc(F)cc4F)C3)ccc2=O)cc1Cl. The highest BCUT2D eigenvalue weighted by Crippen LogP contribution is 2.24. The van der Waals surface area contributed by atoms with Crippen LogP contribution >= 0.6 is 11.6 Å². The Morgan fingerprint density at radius 2 is 1.97 bits per heavy atom. The minimum absolute atomic E-state index is 0.0588. The van der Waals surface area contributed by atoms with Gasteiger partial charge in [0.1, 0.15) is 17.5 Å². The van der Waals surface area contributed by atoms with Crippen LogP contribution in [0.1, 0.15) is 18.4 Å². The number of anilines is 2. The lowest BCUT2D eigenvalue weighted by Crippen LogP contribution is -2.42. The van der Waals surface area contributed by atoms with Crippen LogP contribution in [0, 0.1) is 24.5 Å². The van der Waals surface area contributed by atoms with Crippen molar-refractivity contribution in [1.82, 2.24) is 9.78 Å². The van der Waals surface area contributed by atoms with Crippen LogP contribution in [0.3, 0.4) is 0 Å². The molecule has 0 saturated carbocycles. The molecule has 1 N–H and O–H groups in total. The second-order valence-corrected chi connectivity index (χ2v) is 8.18. The zero-order valence-electron chi connectivity index (χ0n) is 17.3. The van der Waals surface area contributed by atoms with Crippen LogP contribution < -0.4 is 15.8 Å². The standard InChI is InChI=1S/C23H21ClF2N4O2/c1-14-4-6-17(12-18(14)24)30-22(31)9-8-21(28-30)29-10-2-3-15(13-29)23(32)27-20-7-5-16(25)11-19(20)26/h4-9,11-12,15H,2-3,10,13H2,1H3,(H,27,32). The van der Waals surface area contributed by atoms with Gasteiger partial charge >= 0.3 is 0 Å². The molecular weight excluding hydrogens is 438 g/mol. The van der Waals surface area contributed by atoms with E-state index in [4.69, 9.17) is 11.6 Å². The number of aryl methyl sites for hydroxylation is 1. The summed E-state index contributed by atoms with van der Waals surface area (Å²) in [7, 11) is 0. The van der Waals surface area contributed by atoms with Gasteiger partial charge in [-0.15, -0.1) is 5.10 Å². The number of aromatic nitrogens is 2. The van der Waals surface area contributed by atoms with Crippen molar-refractivity contribution in [1.29, 1.82) is 0 Å². The van der Waals surface area contributed by atoms with Gasteiger partial charge in [0.05, 0.1) is 17.3 Å². The Labute approximate surface area is 188 Å². The van der Waals surface area contributed by atoms with Gasteiger partial charge in [0.15, 0.2) is 0 Å². The Morgan fingerprint density at radius 1 is 1.16 bits per heavy atom. The summed E-state index contributed by atoms with van der Waals surface area (Å²) in [6.07, 6.45) is 1.35. The highest BCUT2D eigenvalue weighted by atomic mass is 35.5. The average molecular weight is 459 g/mol. The molecular formula is C23H21ClF2N4O2. The van der Waals surface area contributed by atoms with E-state index in [1.54, 1.807) is 18.2 Å². The summed E-state index contributed by atoms with van der Waals surface area (Å²) in [4.78, 5) is 27.0. The molecule has 0 spiro atoms. The maximum Gasteiger partial charge on any atom is 0.271 e. The number of carbonyl (C=O) groups is 1. The van der Waals surface area contributed by atoms with Gasteiger partial charge < -0.3 is 10.2 Å². The van der Waals surface area contributed by atoms with Gasteiger partial charge in [-0.3, -0.25) is 9.59 Å². The smallest absolute Gasteiger partial charge is 0.271 e. The summed E-state index contributed by atoms with van der Waals surface area (Å²) in [6.45, 7) is 2.89. The fraction of sp³-hybridized carbons (Fsp3) is 0.261. The number of halogens is 3. The van der Waals surface area contributed by atoms with Crippen LogP contribution in [0.25, 0.3) is 5.69 Å². The molecule has 1 saturated heterocycles. The molecule has 9 heteroatoms. The number of amides is 1. The third-order valence-corrected chi connectivity index (χ3v) is 5.90. The Kier molecular flexibility index (Phi) is 6.23. The lowest BCUT2D eigenvalue weighted by molar-refractivity contribution is -0.120. The highest BCUT2D eigenvalue weighted by Gasteiger charge is 2.27. The number of hydrogen-bond donors (Lipinski definition) is 1. The van der Waals surface area contributed by atoms with Crippen LogP contribution in [-0.4, -0.2) is 28.8 Å². The molecule has 6 nitrogen and oxygen atoms in total. The maximum atomic E-state index is 13.9. The van der Waals surface area contributed by atoms with Gasteiger partial charge in [-0.25, -0.2) is 8.78 Å². The lowest BCUT2D eigenvalue weighted by atomic mass is 9.97. The number of nitrogens with one attached hydrogen (secondary N) is 1. The third kappa shape index (κ3) is 4.65. The first kappa shape index (κ1) is 22.0. The van der Waals surface area contributed by atoms with E-state index in [0.717, 1.165) is 24.1 Å². The molecule has 1 aliphatic rings. The maximum absolute atomic E-state index is 13.9. The molecule has 3 aromatic rings. The quantitative estimate of drug-likeness (QED) is 0.632. The number of carbonyl (C=O) groups excluding carboxylic acids is 1. The first-order valence-corrected chi connectivity index (χ1v) is 10.6. The van der Waals surface area contributed by atoms with E-state index < -0.39 is 17.6 Å². The first-order valence-electron chi connectivity index (χ1n) is 10.2. The Morgan fingerprint density at radius 3 is 2.72 bits per heavy atom.